The summed E-state index contributed by atoms with van der Waals surface area (Å²) in [5.74, 6) is -0.539. The summed E-state index contributed by atoms with van der Waals surface area (Å²) in [6.07, 6.45) is 0. The molecule has 1 aromatic carbocycles. The average Bonchev–Trinajstić information content (AvgIpc) is 2.97. The van der Waals surface area contributed by atoms with Gasteiger partial charge in [-0.05, 0) is 0 Å². The monoisotopic (exact) mass is 310 g/mol. The third kappa shape index (κ3) is 1.75. The summed E-state index contributed by atoms with van der Waals surface area (Å²) in [4.78, 5) is 11.9. The molecule has 18 heavy (non-hydrogen) atoms. The van der Waals surface area contributed by atoms with Crippen LogP contribution in [-0.4, -0.2) is 39.1 Å². The molecule has 3 aromatic rings. The van der Waals surface area contributed by atoms with Gasteiger partial charge in [0.15, 0.2) is 0 Å². The third-order valence-electron chi connectivity index (χ3n) is 2.26. The first-order valence-corrected chi connectivity index (χ1v) is 6.39. The molecule has 0 aliphatic heterocycles. The second-order valence-corrected chi connectivity index (χ2v) is 4.50. The molecule has 3 N–H and O–H groups in total. The number of carbonyl (C=O) groups excluding carboxylic acids is 1. The number of nitrogens with two attached hydrogens (primary N) is 1. The Morgan fingerprint density at radius 3 is 3.00 bits per heavy atom. The number of amides is 1. The maximum absolute atomic E-state index is 11.9. The van der Waals surface area contributed by atoms with Crippen molar-refractivity contribution >= 4 is 43.4 Å². The summed E-state index contributed by atoms with van der Waals surface area (Å²) in [5, 5.41) is 9.44. The molecule has 0 saturated carbocycles. The Bertz CT molecular complexity index is 721. The molecular formula is C9H6N6O2Se. The number of nitrogens with zero attached hydrogens (tertiary/aromatic N) is 4. The second kappa shape index (κ2) is 4.21. The van der Waals surface area contributed by atoms with E-state index in [9.17, 15) is 4.79 Å². The molecule has 8 nitrogen and oxygen atoms in total. The van der Waals surface area contributed by atoms with Gasteiger partial charge in [-0.25, -0.2) is 0 Å². The summed E-state index contributed by atoms with van der Waals surface area (Å²) < 4.78 is 12.8. The summed E-state index contributed by atoms with van der Waals surface area (Å²) in [5.41, 5.74) is 7.42. The van der Waals surface area contributed by atoms with Gasteiger partial charge in [0.2, 0.25) is 0 Å². The van der Waals surface area contributed by atoms with Crippen LogP contribution in [0, 0.1) is 0 Å². The van der Waals surface area contributed by atoms with Crippen LogP contribution in [0.2, 0.25) is 0 Å². The second-order valence-electron chi connectivity index (χ2n) is 3.39. The molecule has 2 heterocycles. The zero-order valence-corrected chi connectivity index (χ0v) is 10.5. The molecule has 0 atom stereocenters. The van der Waals surface area contributed by atoms with Crippen molar-refractivity contribution < 1.29 is 9.42 Å². The number of benzene rings is 1. The maximum atomic E-state index is 11.9. The van der Waals surface area contributed by atoms with E-state index in [-0.39, 0.29) is 26.5 Å². The van der Waals surface area contributed by atoms with Crippen LogP contribution in [0.15, 0.2) is 22.8 Å². The van der Waals surface area contributed by atoms with Crippen LogP contribution in [0.5, 0.6) is 0 Å². The van der Waals surface area contributed by atoms with Crippen LogP contribution in [0.1, 0.15) is 10.5 Å². The van der Waals surface area contributed by atoms with Gasteiger partial charge in [-0.15, -0.1) is 0 Å². The van der Waals surface area contributed by atoms with Crippen molar-refractivity contribution in [3.63, 3.8) is 0 Å². The van der Waals surface area contributed by atoms with Crippen LogP contribution in [0.3, 0.4) is 0 Å². The number of hydrogen-bond donors (Lipinski definition) is 2. The molecule has 0 unspecified atom stereocenters. The number of nitrogens with one attached hydrogen (secondary N) is 1. The Balaban J connectivity index is 1.95. The SMILES string of the molecule is Nc1nonc1C(=O)Nc1cccc2n[se]nc12. The number of rotatable bonds is 2. The molecule has 0 spiro atoms. The van der Waals surface area contributed by atoms with Crippen LogP contribution in [0.4, 0.5) is 11.5 Å². The van der Waals surface area contributed by atoms with Gasteiger partial charge >= 0.3 is 106 Å². The number of nitrogen functional groups attached to an aromatic ring is 1. The average molecular weight is 309 g/mol. The fraction of sp³-hybridized carbons (Fsp3) is 0. The molecule has 0 radical (unpaired) electrons. The summed E-state index contributed by atoms with van der Waals surface area (Å²) >= 11 is -0.155. The predicted octanol–water partition coefficient (Wildman–Crippen LogP) is -0.0957. The number of anilines is 2. The molecule has 0 saturated heterocycles. The van der Waals surface area contributed by atoms with Crippen LogP contribution >= 0.6 is 0 Å². The molecule has 0 fully saturated rings. The fourth-order valence-corrected chi connectivity index (χ4v) is 2.59. The molecule has 0 aliphatic carbocycles. The van der Waals surface area contributed by atoms with Gasteiger partial charge in [0.25, 0.3) is 0 Å². The summed E-state index contributed by atoms with van der Waals surface area (Å²) in [6, 6.07) is 5.37. The summed E-state index contributed by atoms with van der Waals surface area (Å²) in [7, 11) is 0. The van der Waals surface area contributed by atoms with E-state index < -0.39 is 5.91 Å². The Kier molecular flexibility index (Phi) is 2.54. The fourth-order valence-electron chi connectivity index (χ4n) is 1.44. The standard InChI is InChI=1S/C9H6N6O2Se/c10-8-7(12-17-13-8)9(16)11-4-2-1-3-5-6(4)15-18-14-5/h1-3H,(H2,10,13)(H,11,16). The van der Waals surface area contributed by atoms with Crippen molar-refractivity contribution in [2.24, 2.45) is 0 Å². The Hall–Kier alpha value is -2.25. The minimum atomic E-state index is -0.489. The van der Waals surface area contributed by atoms with Gasteiger partial charge < -0.3 is 0 Å². The zero-order valence-electron chi connectivity index (χ0n) is 8.82. The molecule has 3 rings (SSSR count). The van der Waals surface area contributed by atoms with E-state index in [1.165, 1.54) is 0 Å². The number of carbonyl (C=O) groups is 1. The Morgan fingerprint density at radius 2 is 2.22 bits per heavy atom. The van der Waals surface area contributed by atoms with Crippen molar-refractivity contribution in [2.45, 2.75) is 0 Å². The zero-order chi connectivity index (χ0) is 12.5. The van der Waals surface area contributed by atoms with Crippen LogP contribution in [0.25, 0.3) is 11.0 Å². The predicted molar refractivity (Wildman–Crippen MR) is 63.1 cm³/mol. The van der Waals surface area contributed by atoms with Gasteiger partial charge in [0.05, 0.1) is 0 Å². The van der Waals surface area contributed by atoms with Crippen molar-refractivity contribution in [1.82, 2.24) is 18.3 Å². The van der Waals surface area contributed by atoms with E-state index in [0.29, 0.717) is 11.2 Å². The van der Waals surface area contributed by atoms with Gasteiger partial charge in [-0.1, -0.05) is 0 Å². The molecular weight excluding hydrogens is 303 g/mol. The van der Waals surface area contributed by atoms with E-state index in [1.54, 1.807) is 12.1 Å². The van der Waals surface area contributed by atoms with E-state index in [1.807, 2.05) is 6.07 Å². The quantitative estimate of drug-likeness (QED) is 0.634. The van der Waals surface area contributed by atoms with Gasteiger partial charge in [0, 0.05) is 0 Å². The molecule has 1 amide bonds. The Morgan fingerprint density at radius 1 is 1.33 bits per heavy atom. The van der Waals surface area contributed by atoms with Gasteiger partial charge in [0.1, 0.15) is 0 Å². The number of hydrogen-bond acceptors (Lipinski definition) is 7. The Labute approximate surface area is 106 Å². The first-order chi connectivity index (χ1) is 8.75. The van der Waals surface area contributed by atoms with Crippen molar-refractivity contribution in [3.8, 4) is 0 Å². The molecule has 2 aromatic heterocycles. The van der Waals surface area contributed by atoms with Crippen LogP contribution in [-0.2, 0) is 0 Å². The topological polar surface area (TPSA) is 120 Å². The van der Waals surface area contributed by atoms with Crippen molar-refractivity contribution in [3.05, 3.63) is 23.9 Å². The van der Waals surface area contributed by atoms with E-state index in [0.717, 1.165) is 5.52 Å². The summed E-state index contributed by atoms with van der Waals surface area (Å²) in [6.45, 7) is 0. The first-order valence-electron chi connectivity index (χ1n) is 4.86. The normalized spacial score (nSPS) is 10.7. The van der Waals surface area contributed by atoms with Crippen molar-refractivity contribution in [2.75, 3.05) is 11.1 Å². The third-order valence-corrected chi connectivity index (χ3v) is 3.40. The van der Waals surface area contributed by atoms with Gasteiger partial charge in [-0.2, -0.15) is 0 Å². The first kappa shape index (κ1) is 10.9. The number of aromatic nitrogens is 4. The number of fused-ring (bicyclic) bond motifs is 1. The molecule has 0 aliphatic rings. The van der Waals surface area contributed by atoms with E-state index in [2.05, 4.69) is 28.2 Å². The molecule has 9 heteroatoms. The molecule has 0 bridgehead atoms. The van der Waals surface area contributed by atoms with E-state index in [4.69, 9.17) is 5.73 Å². The van der Waals surface area contributed by atoms with Crippen LogP contribution < -0.4 is 11.1 Å². The minimum absolute atomic E-state index is 0.0481. The van der Waals surface area contributed by atoms with Gasteiger partial charge in [-0.3, -0.25) is 0 Å². The van der Waals surface area contributed by atoms with Crippen molar-refractivity contribution in [1.29, 1.82) is 0 Å². The van der Waals surface area contributed by atoms with E-state index >= 15 is 0 Å². The molecule has 90 valence electrons.